The van der Waals surface area contributed by atoms with Gasteiger partial charge < -0.3 is 0 Å². The third-order valence-corrected chi connectivity index (χ3v) is 2.13. The van der Waals surface area contributed by atoms with Crippen molar-refractivity contribution in [2.24, 2.45) is 0 Å². The quantitative estimate of drug-likeness (QED) is 0.738. The Morgan fingerprint density at radius 1 is 1.20 bits per heavy atom. The van der Waals surface area contributed by atoms with Crippen molar-refractivity contribution in [2.45, 2.75) is 41.0 Å². The maximum atomic E-state index is 3.98. The van der Waals surface area contributed by atoms with Crippen LogP contribution in [0.4, 0.5) is 0 Å². The molecule has 1 aromatic carbocycles. The fraction of sp³-hybridized carbons (Fsp3) is 0.462. The van der Waals surface area contributed by atoms with E-state index in [2.05, 4.69) is 42.2 Å². The molecule has 0 spiro atoms. The van der Waals surface area contributed by atoms with E-state index < -0.39 is 0 Å². The summed E-state index contributed by atoms with van der Waals surface area (Å²) in [6.45, 7) is 8.38. The van der Waals surface area contributed by atoms with Gasteiger partial charge in [0.2, 0.25) is 0 Å². The predicted octanol–water partition coefficient (Wildman–Crippen LogP) is 4.35. The molecule has 0 saturated heterocycles. The molecule has 0 aliphatic rings. The van der Waals surface area contributed by atoms with E-state index in [0.717, 1.165) is 5.52 Å². The lowest BCUT2D eigenvalue weighted by Gasteiger charge is -2.03. The molecule has 2 aromatic rings. The SMILES string of the molecule is C.CC.CC(C)c1ccc2cn[nH]c2c1. The minimum Gasteiger partial charge on any atom is -0.278 e. The molecule has 0 unspecified atom stereocenters. The van der Waals surface area contributed by atoms with Crippen LogP contribution in [0.5, 0.6) is 0 Å². The van der Waals surface area contributed by atoms with E-state index in [1.165, 1.54) is 10.9 Å². The molecule has 0 fully saturated rings. The van der Waals surface area contributed by atoms with Crippen LogP contribution < -0.4 is 0 Å². The van der Waals surface area contributed by atoms with E-state index in [1.807, 2.05) is 20.0 Å². The number of fused-ring (bicyclic) bond motifs is 1. The van der Waals surface area contributed by atoms with Crippen LogP contribution in [0.15, 0.2) is 24.4 Å². The molecule has 0 amide bonds. The number of aromatic nitrogens is 2. The predicted molar refractivity (Wildman–Crippen MR) is 68.3 cm³/mol. The average molecular weight is 206 g/mol. The molecule has 2 nitrogen and oxygen atoms in total. The van der Waals surface area contributed by atoms with Crippen LogP contribution in [0.3, 0.4) is 0 Å². The largest absolute Gasteiger partial charge is 0.278 e. The number of nitrogens with zero attached hydrogens (tertiary/aromatic N) is 1. The van der Waals surface area contributed by atoms with E-state index in [0.29, 0.717) is 5.92 Å². The van der Waals surface area contributed by atoms with Crippen LogP contribution >= 0.6 is 0 Å². The molecule has 0 saturated carbocycles. The second kappa shape index (κ2) is 6.23. The third-order valence-electron chi connectivity index (χ3n) is 2.13. The highest BCUT2D eigenvalue weighted by molar-refractivity contribution is 5.78. The first-order valence-corrected chi connectivity index (χ1v) is 5.20. The van der Waals surface area contributed by atoms with Gasteiger partial charge in [0.25, 0.3) is 0 Å². The van der Waals surface area contributed by atoms with Gasteiger partial charge >= 0.3 is 0 Å². The Morgan fingerprint density at radius 2 is 1.87 bits per heavy atom. The molecule has 0 atom stereocenters. The summed E-state index contributed by atoms with van der Waals surface area (Å²) in [5, 5.41) is 8.12. The number of nitrogens with one attached hydrogen (secondary N) is 1. The molecule has 84 valence electrons. The number of H-pyrrole nitrogens is 1. The summed E-state index contributed by atoms with van der Waals surface area (Å²) in [5.74, 6) is 0.581. The molecular formula is C13H22N2. The molecule has 2 rings (SSSR count). The summed E-state index contributed by atoms with van der Waals surface area (Å²) in [4.78, 5) is 0. The molecule has 2 heteroatoms. The Hall–Kier alpha value is -1.31. The second-order valence-electron chi connectivity index (χ2n) is 3.37. The molecule has 0 radical (unpaired) electrons. The highest BCUT2D eigenvalue weighted by Gasteiger charge is 2.00. The van der Waals surface area contributed by atoms with Crippen molar-refractivity contribution in [3.05, 3.63) is 30.0 Å². The lowest BCUT2D eigenvalue weighted by Crippen LogP contribution is -1.85. The first-order valence-electron chi connectivity index (χ1n) is 5.20. The number of aromatic amines is 1. The van der Waals surface area contributed by atoms with E-state index in [1.54, 1.807) is 0 Å². The van der Waals surface area contributed by atoms with E-state index in [4.69, 9.17) is 0 Å². The smallest absolute Gasteiger partial charge is 0.0653 e. The normalized spacial score (nSPS) is 9.40. The van der Waals surface area contributed by atoms with Crippen LogP contribution in [0.2, 0.25) is 0 Å². The summed E-state index contributed by atoms with van der Waals surface area (Å²) in [7, 11) is 0. The topological polar surface area (TPSA) is 28.7 Å². The fourth-order valence-electron chi connectivity index (χ4n) is 1.31. The zero-order valence-electron chi connectivity index (χ0n) is 9.33. The van der Waals surface area contributed by atoms with Gasteiger partial charge in [-0.2, -0.15) is 5.10 Å². The summed E-state index contributed by atoms with van der Waals surface area (Å²) < 4.78 is 0. The van der Waals surface area contributed by atoms with Crippen LogP contribution in [-0.4, -0.2) is 10.2 Å². The molecule has 1 aromatic heterocycles. The lowest BCUT2D eigenvalue weighted by molar-refractivity contribution is 0.868. The van der Waals surface area contributed by atoms with Gasteiger partial charge in [0.1, 0.15) is 0 Å². The molecule has 15 heavy (non-hydrogen) atoms. The highest BCUT2D eigenvalue weighted by atomic mass is 15.1. The van der Waals surface area contributed by atoms with Gasteiger partial charge in [0.15, 0.2) is 0 Å². The average Bonchev–Trinajstić information content (AvgIpc) is 2.67. The van der Waals surface area contributed by atoms with Gasteiger partial charge in [-0.05, 0) is 17.5 Å². The maximum absolute atomic E-state index is 3.98. The Balaban J connectivity index is 0.000000617. The van der Waals surface area contributed by atoms with Crippen LogP contribution in [-0.2, 0) is 0 Å². The van der Waals surface area contributed by atoms with Gasteiger partial charge in [-0.3, -0.25) is 5.10 Å². The van der Waals surface area contributed by atoms with Crippen molar-refractivity contribution in [1.82, 2.24) is 10.2 Å². The zero-order chi connectivity index (χ0) is 10.6. The van der Waals surface area contributed by atoms with Crippen molar-refractivity contribution in [2.75, 3.05) is 0 Å². The lowest BCUT2D eigenvalue weighted by atomic mass is 10.0. The van der Waals surface area contributed by atoms with Crippen LogP contribution in [0.1, 0.15) is 46.6 Å². The van der Waals surface area contributed by atoms with E-state index in [9.17, 15) is 0 Å². The third kappa shape index (κ3) is 3.08. The first kappa shape index (κ1) is 13.7. The van der Waals surface area contributed by atoms with Gasteiger partial charge in [-0.1, -0.05) is 47.3 Å². The van der Waals surface area contributed by atoms with Crippen LogP contribution in [0.25, 0.3) is 10.9 Å². The zero-order valence-corrected chi connectivity index (χ0v) is 9.33. The van der Waals surface area contributed by atoms with Crippen molar-refractivity contribution in [3.8, 4) is 0 Å². The minimum absolute atomic E-state index is 0. The fourth-order valence-corrected chi connectivity index (χ4v) is 1.31. The summed E-state index contributed by atoms with van der Waals surface area (Å²) in [5.41, 5.74) is 2.48. The summed E-state index contributed by atoms with van der Waals surface area (Å²) in [6, 6.07) is 6.42. The Bertz CT molecular complexity index is 388. The number of hydrogen-bond acceptors (Lipinski definition) is 1. The van der Waals surface area contributed by atoms with Crippen molar-refractivity contribution < 1.29 is 0 Å². The number of benzene rings is 1. The molecule has 0 aliphatic heterocycles. The Labute approximate surface area is 92.7 Å². The van der Waals surface area contributed by atoms with E-state index >= 15 is 0 Å². The van der Waals surface area contributed by atoms with Gasteiger partial charge in [0, 0.05) is 5.39 Å². The van der Waals surface area contributed by atoms with Crippen LogP contribution in [0, 0.1) is 0 Å². The first-order chi connectivity index (χ1) is 6.77. The summed E-state index contributed by atoms with van der Waals surface area (Å²) in [6.07, 6.45) is 1.85. The summed E-state index contributed by atoms with van der Waals surface area (Å²) >= 11 is 0. The standard InChI is InChI=1S/C10H12N2.C2H6.CH4/c1-7(2)8-3-4-9-6-11-12-10(9)5-8;1-2;/h3-7H,1-2H3,(H,11,12);1-2H3;1H4. The van der Waals surface area contributed by atoms with Crippen molar-refractivity contribution in [1.29, 1.82) is 0 Å². The second-order valence-corrected chi connectivity index (χ2v) is 3.37. The van der Waals surface area contributed by atoms with Gasteiger partial charge in [-0.25, -0.2) is 0 Å². The van der Waals surface area contributed by atoms with Gasteiger partial charge in [0.05, 0.1) is 11.7 Å². The maximum Gasteiger partial charge on any atom is 0.0653 e. The van der Waals surface area contributed by atoms with Crippen molar-refractivity contribution >= 4 is 10.9 Å². The molecule has 0 bridgehead atoms. The molecular weight excluding hydrogens is 184 g/mol. The van der Waals surface area contributed by atoms with Crippen molar-refractivity contribution in [3.63, 3.8) is 0 Å². The number of rotatable bonds is 1. The molecule has 1 N–H and O–H groups in total. The molecule has 1 heterocycles. The Morgan fingerprint density at radius 3 is 2.47 bits per heavy atom. The minimum atomic E-state index is 0. The molecule has 0 aliphatic carbocycles. The van der Waals surface area contributed by atoms with Gasteiger partial charge in [-0.15, -0.1) is 0 Å². The van der Waals surface area contributed by atoms with E-state index in [-0.39, 0.29) is 7.43 Å². The highest BCUT2D eigenvalue weighted by Crippen LogP contribution is 2.18. The Kier molecular flexibility index (Phi) is 5.68. The number of hydrogen-bond donors (Lipinski definition) is 1. The monoisotopic (exact) mass is 206 g/mol.